The highest BCUT2D eigenvalue weighted by molar-refractivity contribution is 5.93. The predicted molar refractivity (Wildman–Crippen MR) is 70.5 cm³/mol. The van der Waals surface area contributed by atoms with Crippen molar-refractivity contribution in [2.24, 2.45) is 10.9 Å². The third-order valence-electron chi connectivity index (χ3n) is 2.86. The van der Waals surface area contributed by atoms with Gasteiger partial charge in [0, 0.05) is 6.54 Å². The van der Waals surface area contributed by atoms with E-state index in [9.17, 15) is 0 Å². The van der Waals surface area contributed by atoms with Gasteiger partial charge in [-0.25, -0.2) is 4.98 Å². The second-order valence-electron chi connectivity index (χ2n) is 4.44. The maximum absolute atomic E-state index is 8.49. The average molecular weight is 253 g/mol. The molecule has 1 rings (SSSR count). The summed E-state index contributed by atoms with van der Waals surface area (Å²) >= 11 is 0. The van der Waals surface area contributed by atoms with Crippen LogP contribution in [0.5, 0.6) is 0 Å². The molecule has 6 heteroatoms. The quantitative estimate of drug-likeness (QED) is 0.232. The Morgan fingerprint density at radius 1 is 1.28 bits per heavy atom. The first kappa shape index (κ1) is 14.5. The van der Waals surface area contributed by atoms with Crippen molar-refractivity contribution in [2.45, 2.75) is 58.4 Å². The zero-order valence-corrected chi connectivity index (χ0v) is 11.0. The number of oxime groups is 1. The first-order valence-corrected chi connectivity index (χ1v) is 6.65. The Morgan fingerprint density at radius 3 is 2.61 bits per heavy atom. The number of rotatable bonds is 9. The molecule has 0 amide bonds. The van der Waals surface area contributed by atoms with E-state index in [4.69, 9.17) is 10.9 Å². The Labute approximate surface area is 108 Å². The normalized spacial score (nSPS) is 11.9. The molecule has 102 valence electrons. The molecule has 0 unspecified atom stereocenters. The van der Waals surface area contributed by atoms with Crippen molar-refractivity contribution in [2.75, 3.05) is 0 Å². The summed E-state index contributed by atoms with van der Waals surface area (Å²) in [7, 11) is 0. The van der Waals surface area contributed by atoms with Gasteiger partial charge in [0.15, 0.2) is 0 Å². The first-order chi connectivity index (χ1) is 8.77. The van der Waals surface area contributed by atoms with Crippen molar-refractivity contribution >= 4 is 5.84 Å². The summed E-state index contributed by atoms with van der Waals surface area (Å²) in [4.78, 5) is 3.96. The number of nitrogens with two attached hydrogens (primary N) is 1. The van der Waals surface area contributed by atoms with E-state index in [0.29, 0.717) is 0 Å². The second kappa shape index (κ2) is 8.49. The van der Waals surface area contributed by atoms with Crippen LogP contribution in [0.25, 0.3) is 0 Å². The van der Waals surface area contributed by atoms with Crippen LogP contribution in [-0.4, -0.2) is 25.8 Å². The minimum Gasteiger partial charge on any atom is -0.409 e. The molecule has 0 radical (unpaired) electrons. The number of hydrogen-bond donors (Lipinski definition) is 2. The summed E-state index contributed by atoms with van der Waals surface area (Å²) in [5, 5.41) is 15.5. The molecule has 0 aliphatic heterocycles. The predicted octanol–water partition coefficient (Wildman–Crippen LogP) is 2.12. The van der Waals surface area contributed by atoms with E-state index in [1.54, 1.807) is 11.0 Å². The van der Waals surface area contributed by atoms with Crippen molar-refractivity contribution in [1.82, 2.24) is 14.8 Å². The Morgan fingerprint density at radius 2 is 1.94 bits per heavy atom. The highest BCUT2D eigenvalue weighted by Gasteiger charge is 2.05. The molecular weight excluding hydrogens is 230 g/mol. The topological polar surface area (TPSA) is 89.3 Å². The van der Waals surface area contributed by atoms with Gasteiger partial charge >= 0.3 is 0 Å². The highest BCUT2D eigenvalue weighted by Crippen LogP contribution is 2.07. The molecule has 0 saturated heterocycles. The lowest BCUT2D eigenvalue weighted by Gasteiger charge is -2.01. The van der Waals surface area contributed by atoms with Crippen molar-refractivity contribution < 1.29 is 5.21 Å². The molecular formula is C12H23N5O. The molecule has 3 N–H and O–H groups in total. The summed E-state index contributed by atoms with van der Waals surface area (Å²) in [6.07, 6.45) is 10.5. The molecule has 18 heavy (non-hydrogen) atoms. The molecule has 1 aromatic heterocycles. The van der Waals surface area contributed by atoms with Crippen LogP contribution < -0.4 is 5.73 Å². The van der Waals surface area contributed by atoms with Gasteiger partial charge in [-0.3, -0.25) is 4.68 Å². The van der Waals surface area contributed by atoms with Crippen LogP contribution >= 0.6 is 0 Å². The molecule has 0 saturated carbocycles. The van der Waals surface area contributed by atoms with Gasteiger partial charge in [0.25, 0.3) is 0 Å². The fourth-order valence-electron chi connectivity index (χ4n) is 1.80. The van der Waals surface area contributed by atoms with Crippen molar-refractivity contribution in [1.29, 1.82) is 0 Å². The van der Waals surface area contributed by atoms with Gasteiger partial charge in [0.05, 0.1) is 0 Å². The highest BCUT2D eigenvalue weighted by atomic mass is 16.4. The Kier molecular flexibility index (Phi) is 6.83. The van der Waals surface area contributed by atoms with Crippen molar-refractivity contribution in [3.63, 3.8) is 0 Å². The number of unbranched alkanes of at least 4 members (excludes halogenated alkanes) is 6. The fraction of sp³-hybridized carbons (Fsp3) is 0.750. The summed E-state index contributed by atoms with van der Waals surface area (Å²) in [5.74, 6) is 0.230. The zero-order valence-electron chi connectivity index (χ0n) is 11.0. The molecule has 0 atom stereocenters. The van der Waals surface area contributed by atoms with Crippen LogP contribution in [0.15, 0.2) is 11.5 Å². The number of aryl methyl sites for hydroxylation is 1. The molecule has 0 aromatic carbocycles. The van der Waals surface area contributed by atoms with E-state index in [2.05, 4.69) is 22.2 Å². The molecule has 0 fully saturated rings. The second-order valence-corrected chi connectivity index (χ2v) is 4.44. The summed E-state index contributed by atoms with van der Waals surface area (Å²) < 4.78 is 1.74. The Hall–Kier alpha value is -1.59. The Balaban J connectivity index is 2.14. The van der Waals surface area contributed by atoms with Gasteiger partial charge in [-0.2, -0.15) is 0 Å². The third kappa shape index (κ3) is 5.16. The monoisotopic (exact) mass is 253 g/mol. The number of aromatic nitrogens is 3. The molecule has 0 bridgehead atoms. The Bertz CT molecular complexity index is 361. The lowest BCUT2D eigenvalue weighted by molar-refractivity contribution is 0.318. The van der Waals surface area contributed by atoms with E-state index >= 15 is 0 Å². The SMILES string of the molecule is CCCCCCCCCn1cnc(C(N)=NO)n1. The molecule has 1 heterocycles. The van der Waals surface area contributed by atoms with E-state index in [-0.39, 0.29) is 11.7 Å². The minimum absolute atomic E-state index is 0.0479. The van der Waals surface area contributed by atoms with Crippen LogP contribution in [0, 0.1) is 0 Å². The van der Waals surface area contributed by atoms with Crippen LogP contribution in [0.2, 0.25) is 0 Å². The maximum atomic E-state index is 8.49. The molecule has 0 spiro atoms. The zero-order chi connectivity index (χ0) is 13.2. The molecule has 6 nitrogen and oxygen atoms in total. The van der Waals surface area contributed by atoms with Gasteiger partial charge < -0.3 is 10.9 Å². The summed E-state index contributed by atoms with van der Waals surface area (Å²) in [5.41, 5.74) is 5.39. The number of amidine groups is 1. The van der Waals surface area contributed by atoms with Gasteiger partial charge in [-0.05, 0) is 6.42 Å². The van der Waals surface area contributed by atoms with Gasteiger partial charge in [0.1, 0.15) is 6.33 Å². The van der Waals surface area contributed by atoms with E-state index in [1.807, 2.05) is 0 Å². The fourth-order valence-corrected chi connectivity index (χ4v) is 1.80. The largest absolute Gasteiger partial charge is 0.409 e. The van der Waals surface area contributed by atoms with Crippen molar-refractivity contribution in [3.05, 3.63) is 12.2 Å². The molecule has 0 aliphatic carbocycles. The summed E-state index contributed by atoms with van der Waals surface area (Å²) in [6.45, 7) is 3.06. The summed E-state index contributed by atoms with van der Waals surface area (Å²) in [6, 6.07) is 0. The lowest BCUT2D eigenvalue weighted by Crippen LogP contribution is -2.15. The van der Waals surface area contributed by atoms with Crippen molar-refractivity contribution in [3.8, 4) is 0 Å². The van der Waals surface area contributed by atoms with Crippen LogP contribution in [0.3, 0.4) is 0 Å². The standard InChI is InChI=1S/C12H23N5O/c1-2-3-4-5-6-7-8-9-17-10-14-12(15-17)11(13)16-18/h10,18H,2-9H2,1H3,(H2,13,16). The van der Waals surface area contributed by atoms with Gasteiger partial charge in [0.2, 0.25) is 11.7 Å². The minimum atomic E-state index is -0.0479. The smallest absolute Gasteiger partial charge is 0.219 e. The van der Waals surface area contributed by atoms with Crippen LogP contribution in [-0.2, 0) is 6.54 Å². The van der Waals surface area contributed by atoms with Crippen LogP contribution in [0.1, 0.15) is 57.7 Å². The average Bonchev–Trinajstić information content (AvgIpc) is 2.85. The molecule has 0 aliphatic rings. The van der Waals surface area contributed by atoms with E-state index < -0.39 is 0 Å². The number of nitrogens with zero attached hydrogens (tertiary/aromatic N) is 4. The number of hydrogen-bond acceptors (Lipinski definition) is 4. The van der Waals surface area contributed by atoms with Gasteiger partial charge in [-0.15, -0.1) is 5.10 Å². The van der Waals surface area contributed by atoms with E-state index in [1.165, 1.54) is 38.5 Å². The third-order valence-corrected chi connectivity index (χ3v) is 2.86. The first-order valence-electron chi connectivity index (χ1n) is 6.65. The maximum Gasteiger partial charge on any atom is 0.219 e. The lowest BCUT2D eigenvalue weighted by atomic mass is 10.1. The van der Waals surface area contributed by atoms with Gasteiger partial charge in [-0.1, -0.05) is 50.6 Å². The van der Waals surface area contributed by atoms with Crippen LogP contribution in [0.4, 0.5) is 0 Å². The van der Waals surface area contributed by atoms with E-state index in [0.717, 1.165) is 13.0 Å². The molecule has 1 aromatic rings.